The maximum atomic E-state index is 3.33. The van der Waals surface area contributed by atoms with E-state index in [-0.39, 0.29) is 0 Å². The van der Waals surface area contributed by atoms with Crippen LogP contribution in [0, 0.1) is 0 Å². The smallest absolute Gasteiger partial charge is 0.0974 e. The van der Waals surface area contributed by atoms with E-state index in [9.17, 15) is 0 Å². The molecule has 1 N–H and O–H groups in total. The van der Waals surface area contributed by atoms with E-state index in [0.717, 1.165) is 19.6 Å². The van der Waals surface area contributed by atoms with E-state index in [1.54, 1.807) is 0 Å². The summed E-state index contributed by atoms with van der Waals surface area (Å²) in [7, 11) is 2.12. The van der Waals surface area contributed by atoms with Crippen LogP contribution in [0.3, 0.4) is 0 Å². The fraction of sp³-hybridized carbons (Fsp3) is 0.800. The molecule has 0 aromatic heterocycles. The van der Waals surface area contributed by atoms with Crippen LogP contribution in [0.5, 0.6) is 0 Å². The molecule has 3 heteroatoms. The standard InChI is InChI=1S/C10H21N3/c1-4-11-6-5-7-13-9-8-12(3)10(13)2/h8-11H,4-7H2,1-3H3. The van der Waals surface area contributed by atoms with Crippen molar-refractivity contribution in [1.82, 2.24) is 15.1 Å². The molecule has 0 aromatic carbocycles. The van der Waals surface area contributed by atoms with Crippen LogP contribution < -0.4 is 5.32 Å². The van der Waals surface area contributed by atoms with Crippen LogP contribution in [0.25, 0.3) is 0 Å². The minimum absolute atomic E-state index is 0.529. The number of hydrogen-bond acceptors (Lipinski definition) is 3. The van der Waals surface area contributed by atoms with Gasteiger partial charge in [-0.15, -0.1) is 0 Å². The number of nitrogens with one attached hydrogen (secondary N) is 1. The van der Waals surface area contributed by atoms with Gasteiger partial charge in [-0.25, -0.2) is 0 Å². The number of hydrogen-bond donors (Lipinski definition) is 1. The topological polar surface area (TPSA) is 18.5 Å². The molecule has 0 saturated heterocycles. The fourth-order valence-electron chi connectivity index (χ4n) is 1.50. The lowest BCUT2D eigenvalue weighted by Crippen LogP contribution is -2.35. The molecule has 0 saturated carbocycles. The maximum Gasteiger partial charge on any atom is 0.0974 e. The summed E-state index contributed by atoms with van der Waals surface area (Å²) < 4.78 is 0. The summed E-state index contributed by atoms with van der Waals surface area (Å²) in [6.07, 6.45) is 6.06. The zero-order chi connectivity index (χ0) is 9.68. The molecule has 0 radical (unpaired) electrons. The number of rotatable bonds is 5. The van der Waals surface area contributed by atoms with Gasteiger partial charge in [0.25, 0.3) is 0 Å². The number of nitrogens with zero attached hydrogens (tertiary/aromatic N) is 2. The Kier molecular flexibility index (Phi) is 4.09. The van der Waals surface area contributed by atoms with Gasteiger partial charge in [-0.2, -0.15) is 0 Å². The Morgan fingerprint density at radius 2 is 2.15 bits per heavy atom. The first-order chi connectivity index (χ1) is 6.25. The Morgan fingerprint density at radius 1 is 1.38 bits per heavy atom. The van der Waals surface area contributed by atoms with E-state index < -0.39 is 0 Å². The van der Waals surface area contributed by atoms with E-state index in [1.165, 1.54) is 6.42 Å². The van der Waals surface area contributed by atoms with Crippen molar-refractivity contribution in [1.29, 1.82) is 0 Å². The summed E-state index contributed by atoms with van der Waals surface area (Å²) in [5.74, 6) is 0. The third-order valence-electron chi connectivity index (χ3n) is 2.58. The van der Waals surface area contributed by atoms with Gasteiger partial charge in [0, 0.05) is 26.0 Å². The highest BCUT2D eigenvalue weighted by Gasteiger charge is 2.16. The fourth-order valence-corrected chi connectivity index (χ4v) is 1.50. The van der Waals surface area contributed by atoms with E-state index in [4.69, 9.17) is 0 Å². The van der Waals surface area contributed by atoms with Crippen molar-refractivity contribution < 1.29 is 0 Å². The average Bonchev–Trinajstić information content (AvgIpc) is 2.43. The van der Waals surface area contributed by atoms with Gasteiger partial charge < -0.3 is 15.1 Å². The van der Waals surface area contributed by atoms with E-state index in [1.807, 2.05) is 0 Å². The third kappa shape index (κ3) is 2.92. The molecule has 1 atom stereocenters. The highest BCUT2D eigenvalue weighted by atomic mass is 15.4. The van der Waals surface area contributed by atoms with Crippen molar-refractivity contribution in [2.75, 3.05) is 26.7 Å². The van der Waals surface area contributed by atoms with Crippen molar-refractivity contribution in [2.45, 2.75) is 26.4 Å². The van der Waals surface area contributed by atoms with Gasteiger partial charge in [0.05, 0.1) is 6.17 Å². The van der Waals surface area contributed by atoms with Gasteiger partial charge in [-0.3, -0.25) is 0 Å². The first-order valence-corrected chi connectivity index (χ1v) is 5.12. The van der Waals surface area contributed by atoms with Crippen LogP contribution in [-0.2, 0) is 0 Å². The molecular weight excluding hydrogens is 162 g/mol. The summed E-state index contributed by atoms with van der Waals surface area (Å²) in [6, 6.07) is 0. The zero-order valence-electron chi connectivity index (χ0n) is 8.95. The van der Waals surface area contributed by atoms with Crippen LogP contribution in [0.2, 0.25) is 0 Å². The highest BCUT2D eigenvalue weighted by molar-refractivity contribution is 4.93. The van der Waals surface area contributed by atoms with Crippen LogP contribution in [0.1, 0.15) is 20.3 Å². The van der Waals surface area contributed by atoms with Crippen molar-refractivity contribution in [2.24, 2.45) is 0 Å². The van der Waals surface area contributed by atoms with Gasteiger partial charge in [0.1, 0.15) is 0 Å². The van der Waals surface area contributed by atoms with E-state index in [2.05, 4.69) is 48.4 Å². The lowest BCUT2D eigenvalue weighted by atomic mass is 10.3. The van der Waals surface area contributed by atoms with Crippen molar-refractivity contribution >= 4 is 0 Å². The maximum absolute atomic E-state index is 3.33. The van der Waals surface area contributed by atoms with Crippen molar-refractivity contribution in [3.05, 3.63) is 12.4 Å². The van der Waals surface area contributed by atoms with Gasteiger partial charge in [-0.05, 0) is 26.4 Å². The lowest BCUT2D eigenvalue weighted by molar-refractivity contribution is 0.193. The van der Waals surface area contributed by atoms with Crippen molar-refractivity contribution in [3.63, 3.8) is 0 Å². The molecule has 0 aliphatic carbocycles. The molecule has 76 valence electrons. The SMILES string of the molecule is CCNCCCN1C=CN(C)C1C. The monoisotopic (exact) mass is 183 g/mol. The van der Waals surface area contributed by atoms with Crippen LogP contribution in [0.4, 0.5) is 0 Å². The Bertz CT molecular complexity index is 168. The molecule has 1 unspecified atom stereocenters. The molecule has 1 aliphatic heterocycles. The molecule has 0 amide bonds. The Labute approximate surface area is 81.4 Å². The Hall–Kier alpha value is -0.700. The largest absolute Gasteiger partial charge is 0.359 e. The molecule has 1 heterocycles. The normalized spacial score (nSPS) is 21.6. The van der Waals surface area contributed by atoms with Crippen LogP contribution in [0.15, 0.2) is 12.4 Å². The molecule has 0 aromatic rings. The highest BCUT2D eigenvalue weighted by Crippen LogP contribution is 2.12. The summed E-state index contributed by atoms with van der Waals surface area (Å²) in [5, 5.41) is 3.33. The summed E-state index contributed by atoms with van der Waals surface area (Å²) in [6.45, 7) is 7.72. The van der Waals surface area contributed by atoms with Crippen LogP contribution in [-0.4, -0.2) is 42.6 Å². The second-order valence-electron chi connectivity index (χ2n) is 3.54. The van der Waals surface area contributed by atoms with Gasteiger partial charge >= 0.3 is 0 Å². The molecule has 0 fully saturated rings. The second kappa shape index (κ2) is 5.12. The van der Waals surface area contributed by atoms with Gasteiger partial charge in [0.2, 0.25) is 0 Å². The van der Waals surface area contributed by atoms with E-state index >= 15 is 0 Å². The molecule has 1 aliphatic rings. The first kappa shape index (κ1) is 10.4. The quantitative estimate of drug-likeness (QED) is 0.643. The third-order valence-corrected chi connectivity index (χ3v) is 2.58. The minimum Gasteiger partial charge on any atom is -0.359 e. The summed E-state index contributed by atoms with van der Waals surface area (Å²) >= 11 is 0. The van der Waals surface area contributed by atoms with E-state index in [0.29, 0.717) is 6.17 Å². The Balaban J connectivity index is 2.12. The summed E-state index contributed by atoms with van der Waals surface area (Å²) in [4.78, 5) is 4.60. The predicted molar refractivity (Wildman–Crippen MR) is 56.2 cm³/mol. The molecular formula is C10H21N3. The lowest BCUT2D eigenvalue weighted by Gasteiger charge is -2.26. The van der Waals surface area contributed by atoms with Crippen LogP contribution >= 0.6 is 0 Å². The van der Waals surface area contributed by atoms with Crippen molar-refractivity contribution in [3.8, 4) is 0 Å². The predicted octanol–water partition coefficient (Wildman–Crippen LogP) is 1.05. The summed E-state index contributed by atoms with van der Waals surface area (Å²) in [5.41, 5.74) is 0. The molecule has 1 rings (SSSR count). The molecule has 13 heavy (non-hydrogen) atoms. The Morgan fingerprint density at radius 3 is 2.69 bits per heavy atom. The molecule has 0 spiro atoms. The minimum atomic E-state index is 0.529. The molecule has 0 bridgehead atoms. The van der Waals surface area contributed by atoms with Gasteiger partial charge in [-0.1, -0.05) is 6.92 Å². The second-order valence-corrected chi connectivity index (χ2v) is 3.54. The van der Waals surface area contributed by atoms with Gasteiger partial charge in [0.15, 0.2) is 0 Å². The first-order valence-electron chi connectivity index (χ1n) is 5.12. The average molecular weight is 183 g/mol. The zero-order valence-corrected chi connectivity index (χ0v) is 8.95. The molecule has 3 nitrogen and oxygen atoms in total.